The summed E-state index contributed by atoms with van der Waals surface area (Å²) in [7, 11) is -6.59. The maximum absolute atomic E-state index is 12.4. The monoisotopic (exact) mass is 339 g/mol. The van der Waals surface area contributed by atoms with E-state index in [0.29, 0.717) is 15.0 Å². The highest BCUT2D eigenvalue weighted by atomic mass is 32.3. The Hall–Kier alpha value is -1.90. The van der Waals surface area contributed by atoms with Crippen molar-refractivity contribution in [2.75, 3.05) is 7.11 Å². The lowest BCUT2D eigenvalue weighted by Gasteiger charge is -2.14. The molecule has 0 aliphatic carbocycles. The number of sulfonamides is 2. The summed E-state index contributed by atoms with van der Waals surface area (Å²) in [6, 6.07) is 12.2. The highest BCUT2D eigenvalue weighted by Crippen LogP contribution is 2.37. The molecule has 0 unspecified atom stereocenters. The molecule has 0 amide bonds. The molecule has 1 heterocycles. The summed E-state index contributed by atoms with van der Waals surface area (Å²) in [6.45, 7) is -0.247. The van der Waals surface area contributed by atoms with Crippen LogP contribution in [-0.4, -0.2) is 27.7 Å². The van der Waals surface area contributed by atoms with Crippen molar-refractivity contribution in [3.63, 3.8) is 0 Å². The van der Waals surface area contributed by atoms with E-state index in [1.165, 1.54) is 31.4 Å². The third kappa shape index (κ3) is 2.20. The predicted molar refractivity (Wildman–Crippen MR) is 79.4 cm³/mol. The van der Waals surface area contributed by atoms with Crippen LogP contribution in [0.3, 0.4) is 0 Å². The molecule has 0 saturated carbocycles. The van der Waals surface area contributed by atoms with Crippen molar-refractivity contribution in [2.45, 2.75) is 16.3 Å². The Morgan fingerprint density at radius 2 is 1.36 bits per heavy atom. The van der Waals surface area contributed by atoms with Crippen molar-refractivity contribution >= 4 is 20.0 Å². The van der Waals surface area contributed by atoms with Gasteiger partial charge in [-0.25, -0.2) is 16.8 Å². The molecule has 1 aliphatic rings. The predicted octanol–water partition coefficient (Wildman–Crippen LogP) is 1.59. The second-order valence-corrected chi connectivity index (χ2v) is 8.63. The molecular weight excluding hydrogens is 326 g/mol. The fourth-order valence-electron chi connectivity index (χ4n) is 2.27. The van der Waals surface area contributed by atoms with Crippen LogP contribution in [0.2, 0.25) is 0 Å². The lowest BCUT2D eigenvalue weighted by Crippen LogP contribution is -2.29. The summed E-state index contributed by atoms with van der Waals surface area (Å²) in [6.07, 6.45) is 0. The molecule has 0 radical (unpaired) electrons. The summed E-state index contributed by atoms with van der Waals surface area (Å²) >= 11 is 0. The summed E-state index contributed by atoms with van der Waals surface area (Å²) < 4.78 is 55.4. The normalized spacial score (nSPS) is 18.8. The van der Waals surface area contributed by atoms with Crippen LogP contribution in [0.25, 0.3) is 0 Å². The van der Waals surface area contributed by atoms with Crippen LogP contribution in [-0.2, 0) is 26.6 Å². The van der Waals surface area contributed by atoms with E-state index in [0.717, 1.165) is 0 Å². The molecule has 0 saturated heterocycles. The SMILES string of the molecule is COc1ccc(CN2S(=O)(=O)c3ccccc3S2(=O)=O)cc1. The highest BCUT2D eigenvalue weighted by Gasteiger charge is 2.46. The molecule has 3 rings (SSSR count). The Morgan fingerprint density at radius 3 is 1.82 bits per heavy atom. The first-order valence-corrected chi connectivity index (χ1v) is 9.25. The number of fused-ring (bicyclic) bond motifs is 1. The lowest BCUT2D eigenvalue weighted by atomic mass is 10.2. The first kappa shape index (κ1) is 15.0. The summed E-state index contributed by atoms with van der Waals surface area (Å²) in [5.74, 6) is 0.610. The van der Waals surface area contributed by atoms with Gasteiger partial charge in [0.25, 0.3) is 20.0 Å². The fraction of sp³-hybridized carbons (Fsp3) is 0.143. The van der Waals surface area contributed by atoms with Gasteiger partial charge in [0.1, 0.15) is 15.5 Å². The van der Waals surface area contributed by atoms with Crippen molar-refractivity contribution in [3.8, 4) is 5.75 Å². The molecule has 6 nitrogen and oxygen atoms in total. The van der Waals surface area contributed by atoms with E-state index < -0.39 is 20.0 Å². The van der Waals surface area contributed by atoms with Crippen molar-refractivity contribution in [1.29, 1.82) is 0 Å². The molecule has 2 aromatic carbocycles. The number of nitrogens with zero attached hydrogens (tertiary/aromatic N) is 1. The van der Waals surface area contributed by atoms with Gasteiger partial charge in [-0.15, -0.1) is 0 Å². The minimum absolute atomic E-state index is 0.177. The Kier molecular flexibility index (Phi) is 3.47. The average molecular weight is 339 g/mol. The third-order valence-electron chi connectivity index (χ3n) is 3.41. The van der Waals surface area contributed by atoms with Gasteiger partial charge in [0.2, 0.25) is 0 Å². The zero-order valence-corrected chi connectivity index (χ0v) is 13.3. The van der Waals surface area contributed by atoms with E-state index in [-0.39, 0.29) is 16.3 Å². The fourth-order valence-corrected chi connectivity index (χ4v) is 6.64. The molecule has 22 heavy (non-hydrogen) atoms. The van der Waals surface area contributed by atoms with Crippen molar-refractivity contribution < 1.29 is 21.6 Å². The van der Waals surface area contributed by atoms with Crippen LogP contribution in [0.15, 0.2) is 58.3 Å². The van der Waals surface area contributed by atoms with Crippen molar-refractivity contribution in [1.82, 2.24) is 3.71 Å². The zero-order valence-electron chi connectivity index (χ0n) is 11.6. The first-order valence-electron chi connectivity index (χ1n) is 6.37. The van der Waals surface area contributed by atoms with Gasteiger partial charge in [0.15, 0.2) is 0 Å². The van der Waals surface area contributed by atoms with Gasteiger partial charge < -0.3 is 4.74 Å². The topological polar surface area (TPSA) is 80.8 Å². The molecule has 0 atom stereocenters. The molecule has 2 aromatic rings. The Bertz CT molecular complexity index is 865. The van der Waals surface area contributed by atoms with E-state index >= 15 is 0 Å². The molecular formula is C14H13NO5S2. The smallest absolute Gasteiger partial charge is 0.258 e. The van der Waals surface area contributed by atoms with Crippen LogP contribution >= 0.6 is 0 Å². The Morgan fingerprint density at radius 1 is 0.864 bits per heavy atom. The van der Waals surface area contributed by atoms with Crippen LogP contribution in [0, 0.1) is 0 Å². The molecule has 0 spiro atoms. The maximum atomic E-state index is 12.4. The van der Waals surface area contributed by atoms with E-state index in [9.17, 15) is 16.8 Å². The van der Waals surface area contributed by atoms with Gasteiger partial charge in [-0.3, -0.25) is 0 Å². The summed E-state index contributed by atoms with van der Waals surface area (Å²) in [5.41, 5.74) is 0.556. The average Bonchev–Trinajstić information content (AvgIpc) is 2.66. The van der Waals surface area contributed by atoms with E-state index in [1.807, 2.05) is 0 Å². The second-order valence-electron chi connectivity index (χ2n) is 4.74. The summed E-state index contributed by atoms with van der Waals surface area (Å²) in [4.78, 5) is -0.355. The van der Waals surface area contributed by atoms with E-state index in [1.54, 1.807) is 24.3 Å². The van der Waals surface area contributed by atoms with Gasteiger partial charge in [0, 0.05) is 0 Å². The van der Waals surface area contributed by atoms with Crippen molar-refractivity contribution in [2.24, 2.45) is 0 Å². The number of benzene rings is 2. The first-order chi connectivity index (χ1) is 10.4. The third-order valence-corrected chi connectivity index (χ3v) is 7.87. The van der Waals surface area contributed by atoms with Gasteiger partial charge >= 0.3 is 0 Å². The van der Waals surface area contributed by atoms with Gasteiger partial charge in [-0.1, -0.05) is 28.0 Å². The molecule has 8 heteroatoms. The highest BCUT2D eigenvalue weighted by molar-refractivity contribution is 8.06. The largest absolute Gasteiger partial charge is 0.497 e. The Labute approximate surface area is 129 Å². The maximum Gasteiger partial charge on any atom is 0.258 e. The van der Waals surface area contributed by atoms with Crippen LogP contribution < -0.4 is 4.74 Å². The lowest BCUT2D eigenvalue weighted by molar-refractivity contribution is 0.414. The van der Waals surface area contributed by atoms with Crippen LogP contribution in [0.4, 0.5) is 0 Å². The minimum atomic E-state index is -4.05. The zero-order chi connectivity index (χ0) is 16.0. The quantitative estimate of drug-likeness (QED) is 0.848. The number of hydrogen-bond donors (Lipinski definition) is 0. The standard InChI is InChI=1S/C14H13NO5S2/c1-20-12-8-6-11(7-9-12)10-15-21(16,17)13-4-2-3-5-14(13)22(15,18)19/h2-9H,10H2,1H3. The molecule has 0 N–H and O–H groups in total. The Balaban J connectivity index is 2.04. The molecule has 1 aliphatic heterocycles. The molecule has 116 valence electrons. The molecule has 0 bridgehead atoms. The van der Waals surface area contributed by atoms with E-state index in [4.69, 9.17) is 4.74 Å². The number of ether oxygens (including phenoxy) is 1. The van der Waals surface area contributed by atoms with E-state index in [2.05, 4.69) is 0 Å². The molecule has 0 fully saturated rings. The van der Waals surface area contributed by atoms with Crippen LogP contribution in [0.5, 0.6) is 5.75 Å². The second kappa shape index (κ2) is 5.08. The number of rotatable bonds is 3. The van der Waals surface area contributed by atoms with Gasteiger partial charge in [-0.05, 0) is 29.8 Å². The number of methoxy groups -OCH3 is 1. The van der Waals surface area contributed by atoms with Gasteiger partial charge in [-0.2, -0.15) is 0 Å². The van der Waals surface area contributed by atoms with Crippen molar-refractivity contribution in [3.05, 3.63) is 54.1 Å². The number of hydrogen-bond acceptors (Lipinski definition) is 5. The minimum Gasteiger partial charge on any atom is -0.497 e. The summed E-state index contributed by atoms with van der Waals surface area (Å²) in [5, 5.41) is 0. The van der Waals surface area contributed by atoms with Gasteiger partial charge in [0.05, 0.1) is 13.7 Å². The van der Waals surface area contributed by atoms with Crippen LogP contribution in [0.1, 0.15) is 5.56 Å². The molecule has 0 aromatic heterocycles.